The maximum absolute atomic E-state index is 12.9. The van der Waals surface area contributed by atoms with Crippen LogP contribution in [0.1, 0.15) is 34.5 Å². The lowest BCUT2D eigenvalue weighted by Crippen LogP contribution is -2.48. The Labute approximate surface area is 145 Å². The Hall–Kier alpha value is -2.90. The SMILES string of the molecule is CCCNC(=O)c1nc(C(=O)N2CCN(C=O)CC2)c2ccccn12. The van der Waals surface area contributed by atoms with E-state index in [-0.39, 0.29) is 23.3 Å². The van der Waals surface area contributed by atoms with Crippen LogP contribution < -0.4 is 5.32 Å². The van der Waals surface area contributed by atoms with Gasteiger partial charge in [-0.1, -0.05) is 13.0 Å². The van der Waals surface area contributed by atoms with E-state index in [2.05, 4.69) is 10.3 Å². The molecular formula is C17H21N5O3. The van der Waals surface area contributed by atoms with Crippen molar-refractivity contribution < 1.29 is 14.4 Å². The molecule has 1 N–H and O–H groups in total. The highest BCUT2D eigenvalue weighted by Gasteiger charge is 2.27. The fourth-order valence-electron chi connectivity index (χ4n) is 2.85. The van der Waals surface area contributed by atoms with E-state index >= 15 is 0 Å². The summed E-state index contributed by atoms with van der Waals surface area (Å²) in [5, 5.41) is 2.79. The summed E-state index contributed by atoms with van der Waals surface area (Å²) in [5.74, 6) is -0.310. The molecule has 0 aromatic carbocycles. The number of carbonyl (C=O) groups is 3. The van der Waals surface area contributed by atoms with E-state index in [1.165, 1.54) is 0 Å². The molecule has 0 unspecified atom stereocenters. The number of nitrogens with one attached hydrogen (secondary N) is 1. The molecule has 2 aromatic heterocycles. The van der Waals surface area contributed by atoms with Crippen molar-refractivity contribution in [1.82, 2.24) is 24.5 Å². The van der Waals surface area contributed by atoms with Crippen molar-refractivity contribution >= 4 is 23.7 Å². The molecule has 25 heavy (non-hydrogen) atoms. The molecule has 132 valence electrons. The molecule has 0 atom stereocenters. The number of carbonyl (C=O) groups excluding carboxylic acids is 3. The molecule has 1 aliphatic rings. The standard InChI is InChI=1S/C17H21N5O3/c1-2-6-18-16(24)15-19-14(13-5-3-4-7-22(13)15)17(25)21-10-8-20(12-23)9-11-21/h3-5,7,12H,2,6,8-11H2,1H3,(H,18,24). The molecule has 3 amide bonds. The molecule has 0 spiro atoms. The van der Waals surface area contributed by atoms with Gasteiger partial charge in [-0.05, 0) is 18.6 Å². The number of fused-ring (bicyclic) bond motifs is 1. The molecule has 8 nitrogen and oxygen atoms in total. The topological polar surface area (TPSA) is 87.0 Å². The van der Waals surface area contributed by atoms with Gasteiger partial charge in [0.2, 0.25) is 12.2 Å². The van der Waals surface area contributed by atoms with Crippen LogP contribution in [-0.4, -0.2) is 70.1 Å². The molecule has 0 bridgehead atoms. The number of rotatable bonds is 5. The van der Waals surface area contributed by atoms with Crippen LogP contribution in [0, 0.1) is 0 Å². The van der Waals surface area contributed by atoms with Crippen LogP contribution in [-0.2, 0) is 4.79 Å². The number of nitrogens with zero attached hydrogens (tertiary/aromatic N) is 4. The molecule has 0 saturated carbocycles. The first-order chi connectivity index (χ1) is 12.2. The van der Waals surface area contributed by atoms with Crippen molar-refractivity contribution in [2.24, 2.45) is 0 Å². The predicted molar refractivity (Wildman–Crippen MR) is 91.4 cm³/mol. The summed E-state index contributed by atoms with van der Waals surface area (Å²) >= 11 is 0. The maximum Gasteiger partial charge on any atom is 0.287 e. The smallest absolute Gasteiger partial charge is 0.287 e. The van der Waals surface area contributed by atoms with E-state index in [0.717, 1.165) is 12.8 Å². The predicted octanol–water partition coefficient (Wildman–Crippen LogP) is 0.388. The zero-order valence-corrected chi connectivity index (χ0v) is 14.1. The molecule has 2 aromatic rings. The normalized spacial score (nSPS) is 14.6. The average Bonchev–Trinajstić information content (AvgIpc) is 3.05. The number of amides is 3. The van der Waals surface area contributed by atoms with Crippen molar-refractivity contribution in [3.8, 4) is 0 Å². The second-order valence-corrected chi connectivity index (χ2v) is 5.93. The minimum atomic E-state index is -0.298. The lowest BCUT2D eigenvalue weighted by molar-refractivity contribution is -0.119. The lowest BCUT2D eigenvalue weighted by Gasteiger charge is -2.32. The second kappa shape index (κ2) is 7.33. The van der Waals surface area contributed by atoms with Gasteiger partial charge in [0.05, 0.1) is 5.52 Å². The van der Waals surface area contributed by atoms with Gasteiger partial charge in [0.25, 0.3) is 11.8 Å². The van der Waals surface area contributed by atoms with E-state index in [4.69, 9.17) is 0 Å². The highest BCUT2D eigenvalue weighted by molar-refractivity contribution is 6.02. The summed E-state index contributed by atoms with van der Waals surface area (Å²) < 4.78 is 1.64. The summed E-state index contributed by atoms with van der Waals surface area (Å²) in [5.41, 5.74) is 0.869. The monoisotopic (exact) mass is 343 g/mol. The van der Waals surface area contributed by atoms with Crippen molar-refractivity contribution in [2.75, 3.05) is 32.7 Å². The van der Waals surface area contributed by atoms with Crippen molar-refractivity contribution in [1.29, 1.82) is 0 Å². The fourth-order valence-corrected chi connectivity index (χ4v) is 2.85. The van der Waals surface area contributed by atoms with Gasteiger partial charge in [-0.15, -0.1) is 0 Å². The maximum atomic E-state index is 12.9. The average molecular weight is 343 g/mol. The van der Waals surface area contributed by atoms with E-state index in [1.54, 1.807) is 32.5 Å². The molecule has 1 fully saturated rings. The summed E-state index contributed by atoms with van der Waals surface area (Å²) in [6.45, 7) is 4.45. The van der Waals surface area contributed by atoms with Crippen LogP contribution in [0.25, 0.3) is 5.52 Å². The summed E-state index contributed by atoms with van der Waals surface area (Å²) in [4.78, 5) is 43.7. The number of aromatic nitrogens is 2. The lowest BCUT2D eigenvalue weighted by atomic mass is 10.2. The molecule has 1 saturated heterocycles. The highest BCUT2D eigenvalue weighted by Crippen LogP contribution is 2.16. The Balaban J connectivity index is 1.90. The van der Waals surface area contributed by atoms with E-state index < -0.39 is 0 Å². The molecule has 0 aliphatic carbocycles. The zero-order chi connectivity index (χ0) is 17.8. The summed E-state index contributed by atoms with van der Waals surface area (Å²) in [7, 11) is 0. The summed E-state index contributed by atoms with van der Waals surface area (Å²) in [6, 6.07) is 5.38. The van der Waals surface area contributed by atoms with Crippen LogP contribution in [0.15, 0.2) is 24.4 Å². The minimum absolute atomic E-state index is 0.207. The first-order valence-electron chi connectivity index (χ1n) is 8.39. The van der Waals surface area contributed by atoms with Crippen LogP contribution >= 0.6 is 0 Å². The number of hydrogen-bond donors (Lipinski definition) is 1. The summed E-state index contributed by atoms with van der Waals surface area (Å²) in [6.07, 6.45) is 3.34. The largest absolute Gasteiger partial charge is 0.349 e. The first-order valence-corrected chi connectivity index (χ1v) is 8.39. The van der Waals surface area contributed by atoms with E-state index in [0.29, 0.717) is 38.2 Å². The Morgan fingerprint density at radius 1 is 1.24 bits per heavy atom. The number of pyridine rings is 1. The van der Waals surface area contributed by atoms with Crippen LogP contribution in [0.3, 0.4) is 0 Å². The third-order valence-corrected chi connectivity index (χ3v) is 4.24. The molecule has 3 heterocycles. The second-order valence-electron chi connectivity index (χ2n) is 5.93. The number of piperazine rings is 1. The Morgan fingerprint density at radius 2 is 2.00 bits per heavy atom. The van der Waals surface area contributed by atoms with Gasteiger partial charge in [0.15, 0.2) is 5.69 Å². The molecule has 8 heteroatoms. The van der Waals surface area contributed by atoms with Gasteiger partial charge in [-0.2, -0.15) is 0 Å². The first kappa shape index (κ1) is 16.9. The van der Waals surface area contributed by atoms with E-state index in [9.17, 15) is 14.4 Å². The Kier molecular flexibility index (Phi) is 4.97. The van der Waals surface area contributed by atoms with Gasteiger partial charge in [-0.3, -0.25) is 18.8 Å². The highest BCUT2D eigenvalue weighted by atomic mass is 16.2. The quantitative estimate of drug-likeness (QED) is 0.796. The number of imidazole rings is 1. The molecular weight excluding hydrogens is 322 g/mol. The third-order valence-electron chi connectivity index (χ3n) is 4.24. The number of hydrogen-bond acceptors (Lipinski definition) is 4. The van der Waals surface area contributed by atoms with Gasteiger partial charge in [0.1, 0.15) is 0 Å². The van der Waals surface area contributed by atoms with Crippen molar-refractivity contribution in [2.45, 2.75) is 13.3 Å². The third kappa shape index (κ3) is 3.33. The van der Waals surface area contributed by atoms with Crippen molar-refractivity contribution in [3.63, 3.8) is 0 Å². The molecule has 1 aliphatic heterocycles. The van der Waals surface area contributed by atoms with Gasteiger partial charge in [0, 0.05) is 38.9 Å². The van der Waals surface area contributed by atoms with Crippen LogP contribution in [0.4, 0.5) is 0 Å². The van der Waals surface area contributed by atoms with Gasteiger partial charge < -0.3 is 15.1 Å². The zero-order valence-electron chi connectivity index (χ0n) is 14.1. The van der Waals surface area contributed by atoms with Gasteiger partial charge >= 0.3 is 0 Å². The molecule has 3 rings (SSSR count). The minimum Gasteiger partial charge on any atom is -0.349 e. The fraction of sp³-hybridized carbons (Fsp3) is 0.412. The van der Waals surface area contributed by atoms with Crippen LogP contribution in [0.5, 0.6) is 0 Å². The van der Waals surface area contributed by atoms with Crippen molar-refractivity contribution in [3.05, 3.63) is 35.9 Å². The van der Waals surface area contributed by atoms with E-state index in [1.807, 2.05) is 13.0 Å². The van der Waals surface area contributed by atoms with Crippen LogP contribution in [0.2, 0.25) is 0 Å². The molecule has 0 radical (unpaired) electrons. The Morgan fingerprint density at radius 3 is 2.68 bits per heavy atom. The van der Waals surface area contributed by atoms with Gasteiger partial charge in [-0.25, -0.2) is 4.98 Å². The Bertz CT molecular complexity index is 793.